The molecular weight excluding hydrogens is 276 g/mol. The van der Waals surface area contributed by atoms with Gasteiger partial charge >= 0.3 is 0 Å². The molecule has 84 valence electrons. The number of anilines is 1. The Hall–Kier alpha value is -0.130. The molecule has 1 aliphatic rings. The van der Waals surface area contributed by atoms with Crippen molar-refractivity contribution in [3.8, 4) is 0 Å². The van der Waals surface area contributed by atoms with E-state index in [9.17, 15) is 0 Å². The second kappa shape index (κ2) is 5.27. The lowest BCUT2D eigenvalue weighted by atomic mass is 10.0. The van der Waals surface area contributed by atoms with Crippen LogP contribution in [0.3, 0.4) is 0 Å². The largest absolute Gasteiger partial charge is 0.383 e. The molecule has 5 heteroatoms. The van der Waals surface area contributed by atoms with E-state index in [0.717, 1.165) is 22.9 Å². The molecule has 15 heavy (non-hydrogen) atoms. The van der Waals surface area contributed by atoms with E-state index in [2.05, 4.69) is 25.8 Å². The normalized spacial score (nSPS) is 22.0. The number of methoxy groups -OCH3 is 1. The van der Waals surface area contributed by atoms with Gasteiger partial charge in [-0.1, -0.05) is 0 Å². The summed E-state index contributed by atoms with van der Waals surface area (Å²) >= 11 is 5.10. The molecule has 1 atom stereocenters. The fourth-order valence-corrected chi connectivity index (χ4v) is 3.34. The van der Waals surface area contributed by atoms with Gasteiger partial charge in [-0.3, -0.25) is 0 Å². The van der Waals surface area contributed by atoms with Gasteiger partial charge in [0, 0.05) is 19.0 Å². The summed E-state index contributed by atoms with van der Waals surface area (Å²) in [5.74, 6) is 0. The van der Waals surface area contributed by atoms with Gasteiger partial charge in [-0.05, 0) is 35.2 Å². The van der Waals surface area contributed by atoms with Gasteiger partial charge in [-0.2, -0.15) is 0 Å². The smallest absolute Gasteiger partial charge is 0.186 e. The van der Waals surface area contributed by atoms with Crippen LogP contribution in [0.1, 0.15) is 19.3 Å². The predicted octanol–water partition coefficient (Wildman–Crippen LogP) is 2.91. The van der Waals surface area contributed by atoms with Crippen LogP contribution in [0.15, 0.2) is 9.98 Å². The maximum Gasteiger partial charge on any atom is 0.186 e. The van der Waals surface area contributed by atoms with Crippen molar-refractivity contribution >= 4 is 32.4 Å². The van der Waals surface area contributed by atoms with Crippen LogP contribution in [0.4, 0.5) is 5.13 Å². The average molecular weight is 291 g/mol. The molecule has 3 nitrogen and oxygen atoms in total. The summed E-state index contributed by atoms with van der Waals surface area (Å²) in [6.07, 6.45) is 3.78. The standard InChI is InChI=1S/C10H15BrN2OS/c1-14-6-8-4-2-3-5-13(8)10-12-9(11)7-15-10/h7-8H,2-6H2,1H3. The van der Waals surface area contributed by atoms with Crippen LogP contribution in [0.25, 0.3) is 0 Å². The molecule has 0 aromatic carbocycles. The van der Waals surface area contributed by atoms with Crippen molar-refractivity contribution in [2.24, 2.45) is 0 Å². The maximum absolute atomic E-state index is 5.26. The average Bonchev–Trinajstić information content (AvgIpc) is 2.66. The third-order valence-corrected chi connectivity index (χ3v) is 4.28. The highest BCUT2D eigenvalue weighted by Crippen LogP contribution is 2.29. The first-order valence-electron chi connectivity index (χ1n) is 5.18. The van der Waals surface area contributed by atoms with Gasteiger partial charge in [0.25, 0.3) is 0 Å². The molecule has 0 spiro atoms. The number of nitrogens with zero attached hydrogens (tertiary/aromatic N) is 2. The summed E-state index contributed by atoms with van der Waals surface area (Å²) in [5.41, 5.74) is 0. The fourth-order valence-electron chi connectivity index (χ4n) is 2.00. The lowest BCUT2D eigenvalue weighted by Crippen LogP contribution is -2.42. The molecule has 1 aliphatic heterocycles. The number of hydrogen-bond acceptors (Lipinski definition) is 4. The van der Waals surface area contributed by atoms with Gasteiger partial charge in [0.2, 0.25) is 0 Å². The molecule has 0 N–H and O–H groups in total. The number of piperidine rings is 1. The molecule has 2 rings (SSSR count). The molecule has 1 fully saturated rings. The Morgan fingerprint density at radius 3 is 3.20 bits per heavy atom. The van der Waals surface area contributed by atoms with Crippen LogP contribution >= 0.6 is 27.3 Å². The molecule has 1 aromatic rings. The molecule has 1 saturated heterocycles. The van der Waals surface area contributed by atoms with E-state index in [1.807, 2.05) is 5.38 Å². The Morgan fingerprint density at radius 2 is 2.53 bits per heavy atom. The van der Waals surface area contributed by atoms with Gasteiger partial charge in [0.15, 0.2) is 5.13 Å². The fraction of sp³-hybridized carbons (Fsp3) is 0.700. The van der Waals surface area contributed by atoms with E-state index in [1.165, 1.54) is 19.3 Å². The molecule has 1 unspecified atom stereocenters. The Balaban J connectivity index is 2.10. The highest BCUT2D eigenvalue weighted by Gasteiger charge is 2.24. The van der Waals surface area contributed by atoms with Crippen LogP contribution in [0, 0.1) is 0 Å². The van der Waals surface area contributed by atoms with Crippen molar-refractivity contribution in [2.45, 2.75) is 25.3 Å². The molecule has 0 aliphatic carbocycles. The second-order valence-electron chi connectivity index (χ2n) is 3.75. The zero-order valence-corrected chi connectivity index (χ0v) is 11.2. The number of hydrogen-bond donors (Lipinski definition) is 0. The summed E-state index contributed by atoms with van der Waals surface area (Å²) in [4.78, 5) is 6.85. The molecule has 0 amide bonds. The first-order valence-corrected chi connectivity index (χ1v) is 6.85. The van der Waals surface area contributed by atoms with E-state index in [4.69, 9.17) is 4.74 Å². The SMILES string of the molecule is COCC1CCCCN1c1nc(Br)cs1. The first-order chi connectivity index (χ1) is 7.31. The van der Waals surface area contributed by atoms with E-state index in [-0.39, 0.29) is 0 Å². The first kappa shape index (κ1) is 11.4. The third kappa shape index (κ3) is 2.71. The lowest BCUT2D eigenvalue weighted by Gasteiger charge is -2.35. The molecule has 0 bridgehead atoms. The lowest BCUT2D eigenvalue weighted by molar-refractivity contribution is 0.166. The van der Waals surface area contributed by atoms with Crippen LogP contribution in [0.2, 0.25) is 0 Å². The third-order valence-electron chi connectivity index (χ3n) is 2.70. The van der Waals surface area contributed by atoms with E-state index in [0.29, 0.717) is 6.04 Å². The topological polar surface area (TPSA) is 25.4 Å². The summed E-state index contributed by atoms with van der Waals surface area (Å²) in [6, 6.07) is 0.502. The van der Waals surface area contributed by atoms with Crippen LogP contribution in [-0.4, -0.2) is 31.3 Å². The molecule has 0 radical (unpaired) electrons. The zero-order valence-electron chi connectivity index (χ0n) is 8.78. The molecular formula is C10H15BrN2OS. The van der Waals surface area contributed by atoms with Gasteiger partial charge in [-0.25, -0.2) is 4.98 Å². The minimum Gasteiger partial charge on any atom is -0.383 e. The Morgan fingerprint density at radius 1 is 1.67 bits per heavy atom. The monoisotopic (exact) mass is 290 g/mol. The van der Waals surface area contributed by atoms with Crippen molar-refractivity contribution in [1.29, 1.82) is 0 Å². The number of halogens is 1. The highest BCUT2D eigenvalue weighted by molar-refractivity contribution is 9.10. The van der Waals surface area contributed by atoms with Gasteiger partial charge in [-0.15, -0.1) is 11.3 Å². The summed E-state index contributed by atoms with van der Waals surface area (Å²) < 4.78 is 6.20. The molecule has 1 aromatic heterocycles. The minimum absolute atomic E-state index is 0.502. The summed E-state index contributed by atoms with van der Waals surface area (Å²) in [6.45, 7) is 1.91. The van der Waals surface area contributed by atoms with Crippen molar-refractivity contribution in [1.82, 2.24) is 4.98 Å². The van der Waals surface area contributed by atoms with E-state index in [1.54, 1.807) is 18.4 Å². The van der Waals surface area contributed by atoms with Gasteiger partial charge in [0.05, 0.1) is 12.6 Å². The number of ether oxygens (including phenoxy) is 1. The zero-order chi connectivity index (χ0) is 10.7. The second-order valence-corrected chi connectivity index (χ2v) is 5.40. The number of rotatable bonds is 3. The van der Waals surface area contributed by atoms with E-state index >= 15 is 0 Å². The molecule has 0 saturated carbocycles. The predicted molar refractivity (Wildman–Crippen MR) is 66.7 cm³/mol. The van der Waals surface area contributed by atoms with Gasteiger partial charge in [0.1, 0.15) is 4.60 Å². The van der Waals surface area contributed by atoms with Crippen molar-refractivity contribution < 1.29 is 4.74 Å². The quantitative estimate of drug-likeness (QED) is 0.856. The Kier molecular flexibility index (Phi) is 3.99. The van der Waals surface area contributed by atoms with Crippen LogP contribution in [0.5, 0.6) is 0 Å². The highest BCUT2D eigenvalue weighted by atomic mass is 79.9. The Bertz CT molecular complexity index is 316. The number of thiazole rings is 1. The Labute approximate surface area is 103 Å². The van der Waals surface area contributed by atoms with Crippen molar-refractivity contribution in [3.63, 3.8) is 0 Å². The molecule has 2 heterocycles. The van der Waals surface area contributed by atoms with Crippen LogP contribution < -0.4 is 4.90 Å². The summed E-state index contributed by atoms with van der Waals surface area (Å²) in [5, 5.41) is 3.15. The maximum atomic E-state index is 5.26. The summed E-state index contributed by atoms with van der Waals surface area (Å²) in [7, 11) is 1.77. The van der Waals surface area contributed by atoms with Crippen LogP contribution in [-0.2, 0) is 4.74 Å². The van der Waals surface area contributed by atoms with E-state index < -0.39 is 0 Å². The van der Waals surface area contributed by atoms with Crippen molar-refractivity contribution in [2.75, 3.05) is 25.2 Å². The van der Waals surface area contributed by atoms with Crippen molar-refractivity contribution in [3.05, 3.63) is 9.98 Å². The number of aromatic nitrogens is 1. The van der Waals surface area contributed by atoms with Gasteiger partial charge < -0.3 is 9.64 Å². The minimum atomic E-state index is 0.502.